The fourth-order valence-corrected chi connectivity index (χ4v) is 4.39. The Bertz CT molecular complexity index is 1140. The largest absolute Gasteiger partial charge is 0.354 e. The molecule has 35 heavy (non-hydrogen) atoms. The first-order valence-corrected chi connectivity index (χ1v) is 13.0. The molecule has 0 aliphatic rings. The minimum Gasteiger partial charge on any atom is -0.354 e. The Morgan fingerprint density at radius 1 is 1.03 bits per heavy atom. The van der Waals surface area contributed by atoms with Crippen LogP contribution in [0.3, 0.4) is 0 Å². The van der Waals surface area contributed by atoms with Crippen LogP contribution in [-0.4, -0.2) is 50.5 Å². The molecule has 0 saturated carbocycles. The molecule has 7 nitrogen and oxygen atoms in total. The highest BCUT2D eigenvalue weighted by Gasteiger charge is 2.27. The van der Waals surface area contributed by atoms with Gasteiger partial charge >= 0.3 is 0 Å². The van der Waals surface area contributed by atoms with Gasteiger partial charge in [-0.3, -0.25) is 13.9 Å². The monoisotopic (exact) mass is 513 g/mol. The smallest absolute Gasteiger partial charge is 0.242 e. The molecule has 0 spiro atoms. The quantitative estimate of drug-likeness (QED) is 0.470. The van der Waals surface area contributed by atoms with Crippen LogP contribution < -0.4 is 9.62 Å². The number of sulfonamides is 1. The van der Waals surface area contributed by atoms with Crippen LogP contribution in [0.15, 0.2) is 42.5 Å². The zero-order valence-corrected chi connectivity index (χ0v) is 20.7. The maximum Gasteiger partial charge on any atom is 0.242 e. The van der Waals surface area contributed by atoms with E-state index in [1.807, 2.05) is 6.92 Å². The van der Waals surface area contributed by atoms with E-state index in [0.29, 0.717) is 13.0 Å². The third-order valence-corrected chi connectivity index (χ3v) is 6.55. The number of halogens is 3. The number of hydrogen-bond donors (Lipinski definition) is 1. The summed E-state index contributed by atoms with van der Waals surface area (Å²) in [6.07, 6.45) is 1.49. The van der Waals surface area contributed by atoms with Gasteiger partial charge in [0.2, 0.25) is 21.8 Å². The lowest BCUT2D eigenvalue weighted by Crippen LogP contribution is -2.48. The van der Waals surface area contributed by atoms with Gasteiger partial charge < -0.3 is 10.2 Å². The Hall–Kier alpha value is -3.08. The second kappa shape index (κ2) is 12.6. The first kappa shape index (κ1) is 28.2. The molecular formula is C24H30F3N3O4S. The van der Waals surface area contributed by atoms with Crippen molar-refractivity contribution in [2.45, 2.75) is 45.7 Å². The van der Waals surface area contributed by atoms with Crippen molar-refractivity contribution in [1.82, 2.24) is 10.2 Å². The highest BCUT2D eigenvalue weighted by molar-refractivity contribution is 7.92. The van der Waals surface area contributed by atoms with Crippen LogP contribution in [0.4, 0.5) is 18.9 Å². The Kier molecular flexibility index (Phi) is 10.1. The van der Waals surface area contributed by atoms with Gasteiger partial charge in [-0.2, -0.15) is 0 Å². The number of rotatable bonds is 12. The molecule has 0 unspecified atom stereocenters. The lowest BCUT2D eigenvalue weighted by atomic mass is 10.1. The van der Waals surface area contributed by atoms with Gasteiger partial charge in [0, 0.05) is 37.7 Å². The van der Waals surface area contributed by atoms with Crippen LogP contribution >= 0.6 is 0 Å². The van der Waals surface area contributed by atoms with E-state index in [4.69, 9.17) is 0 Å². The molecule has 0 aromatic heterocycles. The van der Waals surface area contributed by atoms with E-state index in [9.17, 15) is 31.2 Å². The first-order valence-electron chi connectivity index (χ1n) is 11.2. The molecule has 2 amide bonds. The summed E-state index contributed by atoms with van der Waals surface area (Å²) in [7, 11) is -3.85. The Balaban J connectivity index is 2.18. The van der Waals surface area contributed by atoms with Crippen molar-refractivity contribution in [3.05, 3.63) is 65.5 Å². The lowest BCUT2D eigenvalue weighted by Gasteiger charge is -2.29. The number of nitrogens with zero attached hydrogens (tertiary/aromatic N) is 2. The predicted molar refractivity (Wildman–Crippen MR) is 127 cm³/mol. The molecule has 0 radical (unpaired) electrons. The van der Waals surface area contributed by atoms with Gasteiger partial charge in [-0.15, -0.1) is 0 Å². The number of carbonyl (C=O) groups is 2. The van der Waals surface area contributed by atoms with Crippen LogP contribution in [0.5, 0.6) is 0 Å². The van der Waals surface area contributed by atoms with Gasteiger partial charge in [0.1, 0.15) is 11.9 Å². The van der Waals surface area contributed by atoms with E-state index in [0.717, 1.165) is 28.8 Å². The summed E-state index contributed by atoms with van der Waals surface area (Å²) >= 11 is 0. The Morgan fingerprint density at radius 3 is 2.31 bits per heavy atom. The van der Waals surface area contributed by atoms with Gasteiger partial charge in [0.15, 0.2) is 11.6 Å². The molecule has 11 heteroatoms. The van der Waals surface area contributed by atoms with Crippen LogP contribution in [0.2, 0.25) is 0 Å². The zero-order chi connectivity index (χ0) is 26.2. The van der Waals surface area contributed by atoms with E-state index < -0.39 is 45.3 Å². The molecule has 0 heterocycles. The SMILES string of the molecule is CCCNC(=O)[C@@H](C)N(Cc1ccccc1F)C(=O)CCCN(c1ccc(F)c(F)c1)S(C)(=O)=O. The molecule has 1 atom stereocenters. The lowest BCUT2D eigenvalue weighted by molar-refractivity contribution is -0.140. The van der Waals surface area contributed by atoms with Crippen molar-refractivity contribution >= 4 is 27.5 Å². The highest BCUT2D eigenvalue weighted by Crippen LogP contribution is 2.22. The summed E-state index contributed by atoms with van der Waals surface area (Å²) in [5.74, 6) is -3.71. The third kappa shape index (κ3) is 7.98. The Labute approximate surface area is 204 Å². The zero-order valence-electron chi connectivity index (χ0n) is 19.9. The predicted octanol–water partition coefficient (Wildman–Crippen LogP) is 3.59. The topological polar surface area (TPSA) is 86.8 Å². The number of carbonyl (C=O) groups excluding carboxylic acids is 2. The van der Waals surface area contributed by atoms with Gasteiger partial charge in [0.05, 0.1) is 11.9 Å². The second-order valence-corrected chi connectivity index (χ2v) is 10.0. The summed E-state index contributed by atoms with van der Waals surface area (Å²) in [5.41, 5.74) is 0.157. The Morgan fingerprint density at radius 2 is 1.71 bits per heavy atom. The molecule has 0 saturated heterocycles. The average molecular weight is 514 g/mol. The first-order chi connectivity index (χ1) is 16.5. The van der Waals surface area contributed by atoms with E-state index in [1.54, 1.807) is 6.07 Å². The maximum atomic E-state index is 14.2. The number of benzene rings is 2. The van der Waals surface area contributed by atoms with E-state index >= 15 is 0 Å². The number of nitrogens with one attached hydrogen (secondary N) is 1. The summed E-state index contributed by atoms with van der Waals surface area (Å²) in [4.78, 5) is 26.9. The average Bonchev–Trinajstić information content (AvgIpc) is 2.80. The van der Waals surface area contributed by atoms with Crippen LogP contribution in [-0.2, 0) is 26.2 Å². The molecule has 2 rings (SSSR count). The minimum atomic E-state index is -3.85. The highest BCUT2D eigenvalue weighted by atomic mass is 32.2. The van der Waals surface area contributed by atoms with Crippen molar-refractivity contribution in [1.29, 1.82) is 0 Å². The van der Waals surface area contributed by atoms with Crippen molar-refractivity contribution < 1.29 is 31.2 Å². The third-order valence-electron chi connectivity index (χ3n) is 5.36. The van der Waals surface area contributed by atoms with Crippen molar-refractivity contribution in [3.63, 3.8) is 0 Å². The second-order valence-electron chi connectivity index (χ2n) is 8.12. The molecule has 1 N–H and O–H groups in total. The fourth-order valence-electron chi connectivity index (χ4n) is 3.43. The normalized spacial score (nSPS) is 12.2. The molecule has 0 bridgehead atoms. The van der Waals surface area contributed by atoms with Crippen LogP contribution in [0, 0.1) is 17.5 Å². The molecule has 0 fully saturated rings. The molecule has 2 aromatic carbocycles. The van der Waals surface area contributed by atoms with Gasteiger partial charge in [-0.1, -0.05) is 25.1 Å². The minimum absolute atomic E-state index is 0.0297. The van der Waals surface area contributed by atoms with Crippen molar-refractivity contribution in [3.8, 4) is 0 Å². The number of amides is 2. The van der Waals surface area contributed by atoms with E-state index in [1.165, 1.54) is 30.0 Å². The molecule has 0 aliphatic heterocycles. The summed E-state index contributed by atoms with van der Waals surface area (Å²) in [5, 5.41) is 2.71. The molecule has 0 aliphatic carbocycles. The van der Waals surface area contributed by atoms with Gasteiger partial charge in [0.25, 0.3) is 0 Å². The van der Waals surface area contributed by atoms with Crippen molar-refractivity contribution in [2.24, 2.45) is 0 Å². The van der Waals surface area contributed by atoms with Gasteiger partial charge in [-0.25, -0.2) is 21.6 Å². The number of anilines is 1. The molecular weight excluding hydrogens is 483 g/mol. The fraction of sp³-hybridized carbons (Fsp3) is 0.417. The summed E-state index contributed by atoms with van der Waals surface area (Å²) < 4.78 is 66.5. The van der Waals surface area contributed by atoms with Crippen molar-refractivity contribution in [2.75, 3.05) is 23.7 Å². The standard InChI is InChI=1S/C24H30F3N3O4S/c1-4-13-28-24(32)17(2)29(16-18-8-5-6-9-20(18)25)23(31)10-7-14-30(35(3,33)34)19-11-12-21(26)22(27)15-19/h5-6,8-9,11-12,15,17H,4,7,10,13-14,16H2,1-3H3,(H,28,32)/t17-/m1/s1. The van der Waals surface area contributed by atoms with E-state index in [-0.39, 0.29) is 37.2 Å². The van der Waals surface area contributed by atoms with Gasteiger partial charge in [-0.05, 0) is 38.0 Å². The summed E-state index contributed by atoms with van der Waals surface area (Å²) in [6.45, 7) is 3.51. The van der Waals surface area contributed by atoms with E-state index in [2.05, 4.69) is 5.32 Å². The van der Waals surface area contributed by atoms with Crippen LogP contribution in [0.1, 0.15) is 38.7 Å². The molecule has 192 valence electrons. The van der Waals surface area contributed by atoms with Crippen LogP contribution in [0.25, 0.3) is 0 Å². The summed E-state index contributed by atoms with van der Waals surface area (Å²) in [6, 6.07) is 7.72. The molecule has 2 aromatic rings. The number of hydrogen-bond acceptors (Lipinski definition) is 4. The maximum absolute atomic E-state index is 14.2.